The van der Waals surface area contributed by atoms with Gasteiger partial charge in [0.05, 0.1) is 6.61 Å². The maximum atomic E-state index is 11.7. The van der Waals surface area contributed by atoms with E-state index in [1.807, 2.05) is 38.1 Å². The zero-order chi connectivity index (χ0) is 12.0. The maximum Gasteiger partial charge on any atom is 0.251 e. The summed E-state index contributed by atoms with van der Waals surface area (Å²) in [6.07, 6.45) is 0.938. The van der Waals surface area contributed by atoms with Crippen LogP contribution < -0.4 is 5.32 Å². The van der Waals surface area contributed by atoms with Gasteiger partial charge in [0.1, 0.15) is 0 Å². The summed E-state index contributed by atoms with van der Waals surface area (Å²) in [5.74, 6) is -0.0154. The molecule has 3 nitrogen and oxygen atoms in total. The van der Waals surface area contributed by atoms with Crippen LogP contribution in [0, 0.1) is 0 Å². The minimum atomic E-state index is -0.0154. The van der Waals surface area contributed by atoms with Crippen LogP contribution >= 0.6 is 0 Å². The van der Waals surface area contributed by atoms with E-state index in [2.05, 4.69) is 5.32 Å². The Kier molecular flexibility index (Phi) is 4.99. The van der Waals surface area contributed by atoms with Crippen LogP contribution in [0.1, 0.15) is 36.2 Å². The molecule has 1 amide bonds. The van der Waals surface area contributed by atoms with Gasteiger partial charge in [-0.05, 0) is 31.0 Å². The van der Waals surface area contributed by atoms with Crippen LogP contribution in [0.4, 0.5) is 0 Å². The highest BCUT2D eigenvalue weighted by Gasteiger charge is 2.07. The van der Waals surface area contributed by atoms with Crippen LogP contribution in [0.25, 0.3) is 0 Å². The van der Waals surface area contributed by atoms with E-state index in [4.69, 9.17) is 4.74 Å². The molecule has 0 spiro atoms. The molecular weight excluding hydrogens is 202 g/mol. The van der Waals surface area contributed by atoms with Crippen molar-refractivity contribution in [3.63, 3.8) is 0 Å². The van der Waals surface area contributed by atoms with E-state index in [0.29, 0.717) is 12.2 Å². The molecule has 1 unspecified atom stereocenters. The highest BCUT2D eigenvalue weighted by atomic mass is 16.5. The van der Waals surface area contributed by atoms with E-state index in [9.17, 15) is 4.79 Å². The van der Waals surface area contributed by atoms with Crippen molar-refractivity contribution in [2.45, 2.75) is 32.9 Å². The fraction of sp³-hybridized carbons (Fsp3) is 0.462. The Bertz CT molecular complexity index is 332. The van der Waals surface area contributed by atoms with E-state index in [1.54, 1.807) is 7.11 Å². The monoisotopic (exact) mass is 221 g/mol. The number of amides is 1. The smallest absolute Gasteiger partial charge is 0.251 e. The standard InChI is InChI=1S/C13H19NO2/c1-4-10(2)14-13(15)12-7-5-11(6-8-12)9-16-3/h5-8,10H,4,9H2,1-3H3,(H,14,15). The van der Waals surface area contributed by atoms with E-state index < -0.39 is 0 Å². The van der Waals surface area contributed by atoms with Gasteiger partial charge in [0.2, 0.25) is 0 Å². The summed E-state index contributed by atoms with van der Waals surface area (Å²) in [4.78, 5) is 11.7. The summed E-state index contributed by atoms with van der Waals surface area (Å²) >= 11 is 0. The van der Waals surface area contributed by atoms with Gasteiger partial charge in [0.15, 0.2) is 0 Å². The molecular formula is C13H19NO2. The molecule has 1 N–H and O–H groups in total. The number of nitrogens with one attached hydrogen (secondary N) is 1. The maximum absolute atomic E-state index is 11.7. The second-order valence-electron chi connectivity index (χ2n) is 3.91. The lowest BCUT2D eigenvalue weighted by atomic mass is 10.1. The van der Waals surface area contributed by atoms with Crippen LogP contribution in [0.2, 0.25) is 0 Å². The van der Waals surface area contributed by atoms with Crippen molar-refractivity contribution in [2.24, 2.45) is 0 Å². The van der Waals surface area contributed by atoms with Gasteiger partial charge in [0, 0.05) is 18.7 Å². The molecule has 1 atom stereocenters. The largest absolute Gasteiger partial charge is 0.380 e. The number of benzene rings is 1. The lowest BCUT2D eigenvalue weighted by molar-refractivity contribution is 0.0939. The molecule has 0 aromatic heterocycles. The molecule has 0 saturated carbocycles. The van der Waals surface area contributed by atoms with Crippen LogP contribution in [0.3, 0.4) is 0 Å². The third kappa shape index (κ3) is 3.66. The molecule has 0 aliphatic carbocycles. The zero-order valence-corrected chi connectivity index (χ0v) is 10.1. The zero-order valence-electron chi connectivity index (χ0n) is 10.1. The molecule has 1 aromatic rings. The summed E-state index contributed by atoms with van der Waals surface area (Å²) in [5.41, 5.74) is 1.77. The van der Waals surface area contributed by atoms with Crippen molar-refractivity contribution in [3.8, 4) is 0 Å². The second-order valence-corrected chi connectivity index (χ2v) is 3.91. The normalized spacial score (nSPS) is 12.2. The van der Waals surface area contributed by atoms with Gasteiger partial charge in [0.25, 0.3) is 5.91 Å². The number of hydrogen-bond acceptors (Lipinski definition) is 2. The van der Waals surface area contributed by atoms with E-state index in [-0.39, 0.29) is 11.9 Å². The Labute approximate surface area is 96.8 Å². The molecule has 1 rings (SSSR count). The molecule has 3 heteroatoms. The Balaban J connectivity index is 2.63. The predicted molar refractivity (Wildman–Crippen MR) is 64.4 cm³/mol. The highest BCUT2D eigenvalue weighted by molar-refractivity contribution is 5.94. The average Bonchev–Trinajstić information content (AvgIpc) is 2.30. The fourth-order valence-electron chi connectivity index (χ4n) is 1.33. The van der Waals surface area contributed by atoms with Gasteiger partial charge in [-0.2, -0.15) is 0 Å². The average molecular weight is 221 g/mol. The highest BCUT2D eigenvalue weighted by Crippen LogP contribution is 2.06. The van der Waals surface area contributed by atoms with E-state index >= 15 is 0 Å². The Hall–Kier alpha value is -1.35. The Morgan fingerprint density at radius 3 is 2.50 bits per heavy atom. The first-order valence-electron chi connectivity index (χ1n) is 5.56. The number of rotatable bonds is 5. The van der Waals surface area contributed by atoms with Crippen molar-refractivity contribution in [2.75, 3.05) is 7.11 Å². The summed E-state index contributed by atoms with van der Waals surface area (Å²) in [6, 6.07) is 7.69. The fourth-order valence-corrected chi connectivity index (χ4v) is 1.33. The first kappa shape index (κ1) is 12.7. The van der Waals surface area contributed by atoms with Crippen molar-refractivity contribution in [3.05, 3.63) is 35.4 Å². The molecule has 0 heterocycles. The molecule has 0 radical (unpaired) electrons. The Morgan fingerprint density at radius 1 is 1.38 bits per heavy atom. The quantitative estimate of drug-likeness (QED) is 0.829. The summed E-state index contributed by atoms with van der Waals surface area (Å²) in [7, 11) is 1.66. The van der Waals surface area contributed by atoms with Crippen LogP contribution in [0.5, 0.6) is 0 Å². The van der Waals surface area contributed by atoms with E-state index in [0.717, 1.165) is 12.0 Å². The summed E-state index contributed by atoms with van der Waals surface area (Å²) < 4.78 is 5.01. The van der Waals surface area contributed by atoms with Crippen molar-refractivity contribution in [1.82, 2.24) is 5.32 Å². The third-order valence-electron chi connectivity index (χ3n) is 2.52. The molecule has 0 aliphatic heterocycles. The van der Waals surface area contributed by atoms with Gasteiger partial charge >= 0.3 is 0 Å². The van der Waals surface area contributed by atoms with Crippen molar-refractivity contribution < 1.29 is 9.53 Å². The molecule has 0 saturated heterocycles. The van der Waals surface area contributed by atoms with Gasteiger partial charge in [-0.1, -0.05) is 19.1 Å². The SMILES string of the molecule is CCC(C)NC(=O)c1ccc(COC)cc1. The number of carbonyl (C=O) groups is 1. The first-order valence-corrected chi connectivity index (χ1v) is 5.56. The van der Waals surface area contributed by atoms with E-state index in [1.165, 1.54) is 0 Å². The van der Waals surface area contributed by atoms with Crippen molar-refractivity contribution in [1.29, 1.82) is 0 Å². The third-order valence-corrected chi connectivity index (χ3v) is 2.52. The second kappa shape index (κ2) is 6.28. The lowest BCUT2D eigenvalue weighted by Crippen LogP contribution is -2.31. The lowest BCUT2D eigenvalue weighted by Gasteiger charge is -2.11. The van der Waals surface area contributed by atoms with Crippen LogP contribution in [0.15, 0.2) is 24.3 Å². The summed E-state index contributed by atoms with van der Waals surface area (Å²) in [5, 5.41) is 2.93. The number of ether oxygens (including phenoxy) is 1. The van der Waals surface area contributed by atoms with Gasteiger partial charge in [-0.3, -0.25) is 4.79 Å². The molecule has 0 fully saturated rings. The molecule has 88 valence electrons. The summed E-state index contributed by atoms with van der Waals surface area (Å²) in [6.45, 7) is 4.62. The van der Waals surface area contributed by atoms with Gasteiger partial charge in [-0.15, -0.1) is 0 Å². The minimum absolute atomic E-state index is 0.0154. The first-order chi connectivity index (χ1) is 7.67. The minimum Gasteiger partial charge on any atom is -0.380 e. The number of methoxy groups -OCH3 is 1. The Morgan fingerprint density at radius 2 is 2.00 bits per heavy atom. The molecule has 16 heavy (non-hydrogen) atoms. The molecule has 0 aliphatic rings. The molecule has 0 bridgehead atoms. The van der Waals surface area contributed by atoms with Crippen LogP contribution in [-0.4, -0.2) is 19.1 Å². The van der Waals surface area contributed by atoms with Gasteiger partial charge < -0.3 is 10.1 Å². The number of carbonyl (C=O) groups excluding carboxylic acids is 1. The topological polar surface area (TPSA) is 38.3 Å². The number of hydrogen-bond donors (Lipinski definition) is 1. The predicted octanol–water partition coefficient (Wildman–Crippen LogP) is 2.36. The van der Waals surface area contributed by atoms with Crippen LogP contribution in [-0.2, 0) is 11.3 Å². The molecule has 1 aromatic carbocycles. The van der Waals surface area contributed by atoms with Crippen molar-refractivity contribution >= 4 is 5.91 Å². The van der Waals surface area contributed by atoms with Gasteiger partial charge in [-0.25, -0.2) is 0 Å².